The summed E-state index contributed by atoms with van der Waals surface area (Å²) in [6.45, 7) is 1.68. The third-order valence-corrected chi connectivity index (χ3v) is 3.85. The summed E-state index contributed by atoms with van der Waals surface area (Å²) in [5.74, 6) is 0. The molecule has 3 nitrogen and oxygen atoms in total. The largest absolute Gasteiger partial charge is 0.416 e. The number of hydrogen-bond donors (Lipinski definition) is 1. The molecule has 0 atom stereocenters. The lowest BCUT2D eigenvalue weighted by Gasteiger charge is -2.08. The highest BCUT2D eigenvalue weighted by molar-refractivity contribution is 6.30. The van der Waals surface area contributed by atoms with E-state index in [9.17, 15) is 18.0 Å². The Bertz CT molecular complexity index is 957. The van der Waals surface area contributed by atoms with Gasteiger partial charge in [0.2, 0.25) is 0 Å². The fraction of sp³-hybridized carbons (Fsp3) is 0.118. The Morgan fingerprint density at radius 1 is 1.08 bits per heavy atom. The van der Waals surface area contributed by atoms with Gasteiger partial charge in [-0.25, -0.2) is 4.68 Å². The zero-order valence-corrected chi connectivity index (χ0v) is 13.2. The number of nitrogens with one attached hydrogen (secondary N) is 1. The summed E-state index contributed by atoms with van der Waals surface area (Å²) in [5, 5.41) is 3.29. The van der Waals surface area contributed by atoms with E-state index in [0.29, 0.717) is 21.8 Å². The van der Waals surface area contributed by atoms with Crippen LogP contribution in [0.15, 0.2) is 53.3 Å². The van der Waals surface area contributed by atoms with Gasteiger partial charge in [0.15, 0.2) is 0 Å². The third-order valence-electron chi connectivity index (χ3n) is 3.62. The second-order valence-electron chi connectivity index (χ2n) is 5.31. The number of hydrogen-bond acceptors (Lipinski definition) is 1. The number of aromatic nitrogens is 2. The van der Waals surface area contributed by atoms with Gasteiger partial charge < -0.3 is 0 Å². The first-order valence-electron chi connectivity index (χ1n) is 7.02. The standard InChI is InChI=1S/C17H12ClF3N2O/c1-10-15(11-4-2-6-13(18)8-11)16(24)23(22-10)14-7-3-5-12(9-14)17(19,20)21/h2-9,22H,1H3. The van der Waals surface area contributed by atoms with Crippen LogP contribution in [0.5, 0.6) is 0 Å². The molecule has 3 aromatic rings. The molecular weight excluding hydrogens is 341 g/mol. The predicted octanol–water partition coefficient (Wildman–Crippen LogP) is 4.81. The molecule has 0 spiro atoms. The Kier molecular flexibility index (Phi) is 4.01. The van der Waals surface area contributed by atoms with Crippen molar-refractivity contribution in [3.05, 3.63) is 75.2 Å². The van der Waals surface area contributed by atoms with Crippen molar-refractivity contribution in [1.82, 2.24) is 9.78 Å². The van der Waals surface area contributed by atoms with Crippen LogP contribution in [0.4, 0.5) is 13.2 Å². The molecule has 1 aromatic heterocycles. The molecule has 0 saturated heterocycles. The van der Waals surface area contributed by atoms with E-state index in [1.165, 1.54) is 12.1 Å². The summed E-state index contributed by atoms with van der Waals surface area (Å²) in [7, 11) is 0. The summed E-state index contributed by atoms with van der Waals surface area (Å²) in [5.41, 5.74) is 0.380. The number of alkyl halides is 3. The molecule has 0 unspecified atom stereocenters. The van der Waals surface area contributed by atoms with Gasteiger partial charge in [-0.3, -0.25) is 9.89 Å². The minimum Gasteiger partial charge on any atom is -0.295 e. The van der Waals surface area contributed by atoms with Crippen molar-refractivity contribution in [1.29, 1.82) is 0 Å². The first-order valence-corrected chi connectivity index (χ1v) is 7.40. The Morgan fingerprint density at radius 3 is 2.46 bits per heavy atom. The van der Waals surface area contributed by atoms with Crippen LogP contribution in [0.2, 0.25) is 5.02 Å². The normalized spacial score (nSPS) is 11.7. The van der Waals surface area contributed by atoms with E-state index in [4.69, 9.17) is 11.6 Å². The zero-order valence-electron chi connectivity index (χ0n) is 12.5. The number of aryl methyl sites for hydroxylation is 1. The summed E-state index contributed by atoms with van der Waals surface area (Å²) >= 11 is 5.95. The topological polar surface area (TPSA) is 37.8 Å². The second kappa shape index (κ2) is 5.87. The molecule has 24 heavy (non-hydrogen) atoms. The zero-order chi connectivity index (χ0) is 17.5. The molecule has 0 fully saturated rings. The quantitative estimate of drug-likeness (QED) is 0.706. The minimum absolute atomic E-state index is 0.117. The summed E-state index contributed by atoms with van der Waals surface area (Å²) in [4.78, 5) is 12.7. The molecule has 1 heterocycles. The van der Waals surface area contributed by atoms with Gasteiger partial charge in [0.1, 0.15) is 0 Å². The third kappa shape index (κ3) is 2.97. The van der Waals surface area contributed by atoms with Gasteiger partial charge in [0, 0.05) is 10.7 Å². The maximum atomic E-state index is 12.9. The molecule has 0 aliphatic heterocycles. The molecule has 0 aliphatic rings. The molecule has 1 N–H and O–H groups in total. The fourth-order valence-electron chi connectivity index (χ4n) is 2.53. The van der Waals surface area contributed by atoms with Crippen molar-refractivity contribution in [2.24, 2.45) is 0 Å². The first kappa shape index (κ1) is 16.4. The molecule has 0 amide bonds. The summed E-state index contributed by atoms with van der Waals surface area (Å²) < 4.78 is 39.7. The smallest absolute Gasteiger partial charge is 0.295 e. The van der Waals surface area contributed by atoms with Gasteiger partial charge in [-0.15, -0.1) is 0 Å². The SMILES string of the molecule is Cc1[nH]n(-c2cccc(C(F)(F)F)c2)c(=O)c1-c1cccc(Cl)c1. The Hall–Kier alpha value is -2.47. The Labute approximate surface area is 140 Å². The van der Waals surface area contributed by atoms with Gasteiger partial charge in [-0.05, 0) is 42.8 Å². The highest BCUT2D eigenvalue weighted by Crippen LogP contribution is 2.30. The number of benzene rings is 2. The molecule has 3 rings (SSSR count). The first-order chi connectivity index (χ1) is 11.3. The fourth-order valence-corrected chi connectivity index (χ4v) is 2.72. The van der Waals surface area contributed by atoms with E-state index in [1.807, 2.05) is 0 Å². The minimum atomic E-state index is -4.48. The molecule has 0 saturated carbocycles. The van der Waals surface area contributed by atoms with Crippen LogP contribution in [-0.2, 0) is 6.18 Å². The number of halogens is 4. The number of nitrogens with zero attached hydrogens (tertiary/aromatic N) is 1. The molecule has 0 bridgehead atoms. The number of H-pyrrole nitrogens is 1. The van der Waals surface area contributed by atoms with E-state index in [0.717, 1.165) is 16.8 Å². The average Bonchev–Trinajstić information content (AvgIpc) is 2.81. The Morgan fingerprint density at radius 2 is 1.79 bits per heavy atom. The Balaban J connectivity index is 2.15. The lowest BCUT2D eigenvalue weighted by Crippen LogP contribution is -2.16. The van der Waals surface area contributed by atoms with E-state index >= 15 is 0 Å². The van der Waals surface area contributed by atoms with Crippen LogP contribution in [-0.4, -0.2) is 9.78 Å². The lowest BCUT2D eigenvalue weighted by molar-refractivity contribution is -0.137. The maximum Gasteiger partial charge on any atom is 0.416 e. The van der Waals surface area contributed by atoms with Crippen LogP contribution in [0.3, 0.4) is 0 Å². The van der Waals surface area contributed by atoms with Gasteiger partial charge >= 0.3 is 6.18 Å². The molecule has 7 heteroatoms. The van der Waals surface area contributed by atoms with Crippen molar-refractivity contribution in [2.75, 3.05) is 0 Å². The van der Waals surface area contributed by atoms with Crippen LogP contribution in [0.25, 0.3) is 16.8 Å². The van der Waals surface area contributed by atoms with Gasteiger partial charge in [0.25, 0.3) is 5.56 Å². The predicted molar refractivity (Wildman–Crippen MR) is 86.6 cm³/mol. The van der Waals surface area contributed by atoms with Crippen molar-refractivity contribution in [3.8, 4) is 16.8 Å². The number of rotatable bonds is 2. The van der Waals surface area contributed by atoms with Crippen LogP contribution < -0.4 is 5.56 Å². The van der Waals surface area contributed by atoms with Crippen molar-refractivity contribution < 1.29 is 13.2 Å². The average molecular weight is 353 g/mol. The summed E-state index contributed by atoms with van der Waals surface area (Å²) in [6, 6.07) is 11.3. The molecular formula is C17H12ClF3N2O. The summed E-state index contributed by atoms with van der Waals surface area (Å²) in [6.07, 6.45) is -4.48. The molecule has 0 aliphatic carbocycles. The van der Waals surface area contributed by atoms with E-state index in [1.54, 1.807) is 31.2 Å². The second-order valence-corrected chi connectivity index (χ2v) is 5.75. The molecule has 2 aromatic carbocycles. The highest BCUT2D eigenvalue weighted by atomic mass is 35.5. The van der Waals surface area contributed by atoms with E-state index < -0.39 is 17.3 Å². The molecule has 0 radical (unpaired) electrons. The van der Waals surface area contributed by atoms with Crippen LogP contribution in [0, 0.1) is 6.92 Å². The van der Waals surface area contributed by atoms with Crippen LogP contribution >= 0.6 is 11.6 Å². The number of aromatic amines is 1. The van der Waals surface area contributed by atoms with Gasteiger partial charge in [0.05, 0.1) is 16.8 Å². The molecule has 124 valence electrons. The van der Waals surface area contributed by atoms with Crippen molar-refractivity contribution in [2.45, 2.75) is 13.1 Å². The van der Waals surface area contributed by atoms with Crippen molar-refractivity contribution >= 4 is 11.6 Å². The highest BCUT2D eigenvalue weighted by Gasteiger charge is 2.30. The van der Waals surface area contributed by atoms with Gasteiger partial charge in [-0.2, -0.15) is 13.2 Å². The lowest BCUT2D eigenvalue weighted by atomic mass is 10.1. The van der Waals surface area contributed by atoms with Crippen molar-refractivity contribution in [3.63, 3.8) is 0 Å². The van der Waals surface area contributed by atoms with Gasteiger partial charge in [-0.1, -0.05) is 29.8 Å². The van der Waals surface area contributed by atoms with E-state index in [2.05, 4.69) is 5.10 Å². The van der Waals surface area contributed by atoms with Crippen LogP contribution in [0.1, 0.15) is 11.3 Å². The van der Waals surface area contributed by atoms with E-state index in [-0.39, 0.29) is 5.69 Å². The monoisotopic (exact) mass is 352 g/mol. The maximum absolute atomic E-state index is 12.9.